The van der Waals surface area contributed by atoms with Crippen molar-refractivity contribution < 1.29 is 23.9 Å². The van der Waals surface area contributed by atoms with Crippen molar-refractivity contribution in [1.82, 2.24) is 0 Å². The van der Waals surface area contributed by atoms with E-state index in [0.29, 0.717) is 51.3 Å². The van der Waals surface area contributed by atoms with Crippen LogP contribution >= 0.6 is 0 Å². The summed E-state index contributed by atoms with van der Waals surface area (Å²) in [5.41, 5.74) is 1.73. The van der Waals surface area contributed by atoms with Gasteiger partial charge in [0.05, 0.1) is 33.4 Å². The summed E-state index contributed by atoms with van der Waals surface area (Å²) in [6, 6.07) is 0. The molecule has 1 saturated heterocycles. The Labute approximate surface area is 251 Å². The number of carbonyl (C=O) groups is 1. The van der Waals surface area contributed by atoms with Gasteiger partial charge in [0, 0.05) is 5.41 Å². The molecule has 5 saturated carbocycles. The molecule has 0 spiro atoms. The van der Waals surface area contributed by atoms with Gasteiger partial charge < -0.3 is 19.1 Å². The molecule has 0 aromatic rings. The maximum Gasteiger partial charge on any atom is 0.362 e. The molecule has 0 aromatic heterocycles. The molecular weight excluding hydrogens is 510 g/mol. The Bertz CT molecular complexity index is 1050. The minimum absolute atomic E-state index is 0.0229. The number of aliphatic hydroxyl groups excluding tert-OH is 1. The molecule has 5 nitrogen and oxygen atoms in total. The van der Waals surface area contributed by atoms with Crippen molar-refractivity contribution in [1.29, 1.82) is 0 Å². The molecular formula is C36H62NO4+. The lowest BCUT2D eigenvalue weighted by Gasteiger charge is -2.73. The Balaban J connectivity index is 1.24. The fourth-order valence-electron chi connectivity index (χ4n) is 13.1. The van der Waals surface area contributed by atoms with Crippen molar-refractivity contribution in [3.05, 3.63) is 0 Å². The summed E-state index contributed by atoms with van der Waals surface area (Å²) < 4.78 is 13.5. The summed E-state index contributed by atoms with van der Waals surface area (Å²) in [7, 11) is 4.00. The zero-order valence-corrected chi connectivity index (χ0v) is 28.0. The quantitative estimate of drug-likeness (QED) is 0.289. The number of rotatable bonds is 5. The number of quaternary nitrogens is 1. The van der Waals surface area contributed by atoms with Crippen molar-refractivity contribution in [3.8, 4) is 0 Å². The van der Waals surface area contributed by atoms with Gasteiger partial charge in [0.1, 0.15) is 12.6 Å². The highest BCUT2D eigenvalue weighted by Gasteiger charge is 2.73. The first kappa shape index (κ1) is 30.4. The van der Waals surface area contributed by atoms with E-state index in [1.807, 2.05) is 14.1 Å². The standard InChI is InChI=1S/C36H62NO4/c1-31(2)16-18-36-19-17-34(6)24(29(36)30(31)40-23-36)10-11-26-33(5)14-13-27(41-28(39)22-37(8,9)20-21-38)32(3,4)25(33)12-15-35(26,34)7/h24-27,29-30,38H,10-23H2,1-9H3/q+1/t24?,25?,26?,27-,29?,30+,33-,34+,35+,36+/m0/s1. The number of likely N-dealkylation sites (N-methyl/N-ethyl adjacent to an activating group) is 1. The highest BCUT2D eigenvalue weighted by molar-refractivity contribution is 5.70. The van der Waals surface area contributed by atoms with E-state index in [0.717, 1.165) is 30.8 Å². The summed E-state index contributed by atoms with van der Waals surface area (Å²) in [4.78, 5) is 13.1. The lowest BCUT2D eigenvalue weighted by Crippen LogP contribution is -2.68. The van der Waals surface area contributed by atoms with Crippen LogP contribution in [0.15, 0.2) is 0 Å². The molecule has 234 valence electrons. The predicted molar refractivity (Wildman–Crippen MR) is 163 cm³/mol. The van der Waals surface area contributed by atoms with Gasteiger partial charge in [-0.05, 0) is 115 Å². The second-order valence-electron chi connectivity index (χ2n) is 18.7. The Hall–Kier alpha value is -0.650. The average Bonchev–Trinajstić information content (AvgIpc) is 3.19. The van der Waals surface area contributed by atoms with Crippen LogP contribution in [0.1, 0.15) is 113 Å². The van der Waals surface area contributed by atoms with E-state index < -0.39 is 0 Å². The van der Waals surface area contributed by atoms with Crippen molar-refractivity contribution >= 4 is 5.97 Å². The summed E-state index contributed by atoms with van der Waals surface area (Å²) in [6.45, 7) is 19.9. The third-order valence-corrected chi connectivity index (χ3v) is 15.6. The maximum absolute atomic E-state index is 13.1. The summed E-state index contributed by atoms with van der Waals surface area (Å²) in [5, 5.41) is 9.42. The normalized spacial score (nSPS) is 49.7. The first-order valence-corrected chi connectivity index (χ1v) is 17.2. The molecule has 1 N–H and O–H groups in total. The number of nitrogens with zero attached hydrogens (tertiary/aromatic N) is 1. The van der Waals surface area contributed by atoms with E-state index in [1.54, 1.807) is 0 Å². The van der Waals surface area contributed by atoms with Crippen molar-refractivity contribution in [2.24, 2.45) is 56.2 Å². The average molecular weight is 573 g/mol. The van der Waals surface area contributed by atoms with Gasteiger partial charge in [-0.3, -0.25) is 0 Å². The number of aliphatic hydroxyl groups is 1. The molecule has 1 aliphatic heterocycles. The van der Waals surface area contributed by atoms with E-state index >= 15 is 0 Å². The summed E-state index contributed by atoms with van der Waals surface area (Å²) >= 11 is 0. The van der Waals surface area contributed by atoms with Gasteiger partial charge in [-0.25, -0.2) is 4.79 Å². The number of carbonyl (C=O) groups excluding carboxylic acids is 1. The Morgan fingerprint density at radius 1 is 0.854 bits per heavy atom. The van der Waals surface area contributed by atoms with Crippen LogP contribution in [0.25, 0.3) is 0 Å². The maximum atomic E-state index is 13.1. The highest BCUT2D eigenvalue weighted by atomic mass is 16.5. The monoisotopic (exact) mass is 572 g/mol. The van der Waals surface area contributed by atoms with Crippen molar-refractivity contribution in [2.45, 2.75) is 125 Å². The van der Waals surface area contributed by atoms with Gasteiger partial charge >= 0.3 is 5.97 Å². The van der Waals surface area contributed by atoms with Crippen LogP contribution in [0.5, 0.6) is 0 Å². The fourth-order valence-corrected chi connectivity index (χ4v) is 13.1. The second-order valence-corrected chi connectivity index (χ2v) is 18.7. The largest absolute Gasteiger partial charge is 0.458 e. The second kappa shape index (κ2) is 9.43. The number of ether oxygens (including phenoxy) is 2. The van der Waals surface area contributed by atoms with Crippen LogP contribution in [-0.4, -0.2) is 68.2 Å². The molecule has 1 heterocycles. The third-order valence-electron chi connectivity index (χ3n) is 15.6. The van der Waals surface area contributed by atoms with E-state index in [4.69, 9.17) is 9.47 Å². The fraction of sp³-hybridized carbons (Fsp3) is 0.972. The van der Waals surface area contributed by atoms with Gasteiger partial charge in [-0.2, -0.15) is 0 Å². The molecule has 0 aromatic carbocycles. The Kier molecular flexibility index (Phi) is 6.99. The SMILES string of the molecule is CC1(C)CC[C@]23CC[C@]4(C)C(CCC5[C@@]6(C)CC[C@H](OC(=O)C[N+](C)(C)CCO)C(C)(C)C6CC[C@]54C)C2[C@H]1OC3. The predicted octanol–water partition coefficient (Wildman–Crippen LogP) is 6.86. The van der Waals surface area contributed by atoms with Gasteiger partial charge in [-0.15, -0.1) is 0 Å². The van der Waals surface area contributed by atoms with Crippen LogP contribution in [0.4, 0.5) is 0 Å². The molecule has 6 aliphatic rings. The van der Waals surface area contributed by atoms with Crippen LogP contribution in [-0.2, 0) is 14.3 Å². The molecule has 0 radical (unpaired) electrons. The molecule has 6 fully saturated rings. The first-order valence-electron chi connectivity index (χ1n) is 17.2. The molecule has 2 bridgehead atoms. The van der Waals surface area contributed by atoms with E-state index in [1.165, 1.54) is 57.8 Å². The Morgan fingerprint density at radius 3 is 2.27 bits per heavy atom. The molecule has 0 amide bonds. The summed E-state index contributed by atoms with van der Waals surface area (Å²) in [6.07, 6.45) is 13.3. The van der Waals surface area contributed by atoms with Gasteiger partial charge in [0.2, 0.25) is 0 Å². The molecule has 5 heteroatoms. The van der Waals surface area contributed by atoms with E-state index in [2.05, 4.69) is 48.5 Å². The molecule has 41 heavy (non-hydrogen) atoms. The van der Waals surface area contributed by atoms with Crippen LogP contribution < -0.4 is 0 Å². The molecule has 6 rings (SSSR count). The van der Waals surface area contributed by atoms with Gasteiger partial charge in [0.15, 0.2) is 6.54 Å². The summed E-state index contributed by atoms with van der Waals surface area (Å²) in [5.74, 6) is 2.73. The van der Waals surface area contributed by atoms with Crippen molar-refractivity contribution in [3.63, 3.8) is 0 Å². The first-order chi connectivity index (χ1) is 19.0. The minimum Gasteiger partial charge on any atom is -0.458 e. The minimum atomic E-state index is -0.109. The zero-order valence-electron chi connectivity index (χ0n) is 28.0. The van der Waals surface area contributed by atoms with Crippen LogP contribution in [0.2, 0.25) is 0 Å². The zero-order chi connectivity index (χ0) is 29.9. The number of esters is 1. The number of fused-ring (bicyclic) bond motifs is 5. The topological polar surface area (TPSA) is 55.8 Å². The highest BCUT2D eigenvalue weighted by Crippen LogP contribution is 2.78. The smallest absolute Gasteiger partial charge is 0.362 e. The lowest BCUT2D eigenvalue weighted by atomic mass is 9.31. The molecule has 5 aliphatic carbocycles. The van der Waals surface area contributed by atoms with Gasteiger partial charge in [0.25, 0.3) is 0 Å². The van der Waals surface area contributed by atoms with E-state index in [9.17, 15) is 9.90 Å². The third kappa shape index (κ3) is 4.20. The van der Waals surface area contributed by atoms with Gasteiger partial charge in [-0.1, -0.05) is 48.5 Å². The molecule has 4 unspecified atom stereocenters. The van der Waals surface area contributed by atoms with Crippen molar-refractivity contribution in [2.75, 3.05) is 40.4 Å². The number of hydrogen-bond donors (Lipinski definition) is 1. The molecule has 10 atom stereocenters. The van der Waals surface area contributed by atoms with Crippen LogP contribution in [0, 0.1) is 56.2 Å². The van der Waals surface area contributed by atoms with Crippen LogP contribution in [0.3, 0.4) is 0 Å². The number of hydrogen-bond acceptors (Lipinski definition) is 4. The Morgan fingerprint density at radius 2 is 1.56 bits per heavy atom. The lowest BCUT2D eigenvalue weighted by molar-refractivity contribution is -0.883. The van der Waals surface area contributed by atoms with E-state index in [-0.39, 0.29) is 29.5 Å².